The molecule has 0 aliphatic carbocycles. The number of amides is 2. The molecule has 0 spiro atoms. The van der Waals surface area contributed by atoms with Gasteiger partial charge >= 0.3 is 6.03 Å². The molecule has 3 aromatic rings. The molecule has 1 fully saturated rings. The van der Waals surface area contributed by atoms with Crippen LogP contribution in [-0.4, -0.2) is 35.1 Å². The summed E-state index contributed by atoms with van der Waals surface area (Å²) in [6.07, 6.45) is 3.71. The molecule has 1 aliphatic heterocycles. The number of fused-ring (bicyclic) bond motifs is 1. The Balaban J connectivity index is 1.32. The molecule has 0 saturated carbocycles. The number of benzene rings is 2. The largest absolute Gasteiger partial charge is 0.338 e. The van der Waals surface area contributed by atoms with Crippen LogP contribution >= 0.6 is 0 Å². The van der Waals surface area contributed by atoms with Gasteiger partial charge in [0.1, 0.15) is 5.82 Å². The Morgan fingerprint density at radius 1 is 1.09 bits per heavy atom. The van der Waals surface area contributed by atoms with Crippen molar-refractivity contribution in [1.29, 1.82) is 0 Å². The molecule has 6 nitrogen and oxygen atoms in total. The minimum atomic E-state index is -0.262. The summed E-state index contributed by atoms with van der Waals surface area (Å²) in [6, 6.07) is 13.9. The van der Waals surface area contributed by atoms with E-state index in [1.54, 1.807) is 29.0 Å². The minimum Gasteiger partial charge on any atom is -0.338 e. The molecule has 34 heavy (non-hydrogen) atoms. The predicted molar refractivity (Wildman–Crippen MR) is 134 cm³/mol. The molecule has 1 aliphatic rings. The molecular formula is C27H33FN4O2. The van der Waals surface area contributed by atoms with Crippen molar-refractivity contribution in [3.05, 3.63) is 76.5 Å². The number of nitrogens with one attached hydrogen (secondary N) is 2. The number of urea groups is 1. The van der Waals surface area contributed by atoms with E-state index < -0.39 is 0 Å². The molecule has 0 bridgehead atoms. The van der Waals surface area contributed by atoms with Gasteiger partial charge in [-0.05, 0) is 61.5 Å². The third-order valence-corrected chi connectivity index (χ3v) is 6.36. The van der Waals surface area contributed by atoms with Gasteiger partial charge < -0.3 is 15.2 Å². The fraction of sp³-hybridized carbons (Fsp3) is 0.407. The summed E-state index contributed by atoms with van der Waals surface area (Å²) in [4.78, 5) is 27.8. The van der Waals surface area contributed by atoms with Gasteiger partial charge in [-0.15, -0.1) is 0 Å². The summed E-state index contributed by atoms with van der Waals surface area (Å²) in [6.45, 7) is 7.91. The Morgan fingerprint density at radius 3 is 2.53 bits per heavy atom. The monoisotopic (exact) mass is 464 g/mol. The van der Waals surface area contributed by atoms with Gasteiger partial charge in [0.05, 0.1) is 5.69 Å². The average Bonchev–Trinajstić information content (AvgIpc) is 2.81. The molecule has 1 aromatic heterocycles. The summed E-state index contributed by atoms with van der Waals surface area (Å²) in [5.74, 6) is 0.517. The van der Waals surface area contributed by atoms with Crippen LogP contribution in [0.1, 0.15) is 32.3 Å². The van der Waals surface area contributed by atoms with E-state index in [2.05, 4.69) is 29.4 Å². The van der Waals surface area contributed by atoms with Crippen LogP contribution in [0.25, 0.3) is 10.8 Å². The van der Waals surface area contributed by atoms with Gasteiger partial charge in [0, 0.05) is 36.6 Å². The molecule has 180 valence electrons. The lowest BCUT2D eigenvalue weighted by atomic mass is 9.96. The van der Waals surface area contributed by atoms with Crippen LogP contribution in [0.2, 0.25) is 0 Å². The predicted octanol–water partition coefficient (Wildman–Crippen LogP) is 4.83. The third-order valence-electron chi connectivity index (χ3n) is 6.36. The summed E-state index contributed by atoms with van der Waals surface area (Å²) >= 11 is 0. The number of piperidine rings is 1. The van der Waals surface area contributed by atoms with Gasteiger partial charge in [-0.2, -0.15) is 0 Å². The van der Waals surface area contributed by atoms with E-state index in [-0.39, 0.29) is 17.4 Å². The van der Waals surface area contributed by atoms with Crippen molar-refractivity contribution in [3.8, 4) is 0 Å². The van der Waals surface area contributed by atoms with E-state index in [1.807, 2.05) is 24.3 Å². The van der Waals surface area contributed by atoms with E-state index in [0.29, 0.717) is 36.0 Å². The van der Waals surface area contributed by atoms with Crippen LogP contribution in [0.4, 0.5) is 14.9 Å². The number of carbonyl (C=O) groups excluding carboxylic acids is 1. The minimum absolute atomic E-state index is 0.0414. The Bertz CT molecular complexity index is 1200. The number of halogens is 1. The number of hydrogen-bond acceptors (Lipinski definition) is 3. The van der Waals surface area contributed by atoms with Gasteiger partial charge in [0.15, 0.2) is 0 Å². The SMILES string of the molecule is CC(C)Cn1cc(NC(=O)NCC2CCN(Cc3cccc(F)c3)CC2)c2ccccc2c1=O. The number of rotatable bonds is 7. The number of aromatic nitrogens is 1. The van der Waals surface area contributed by atoms with Gasteiger partial charge in [0.2, 0.25) is 0 Å². The van der Waals surface area contributed by atoms with Crippen molar-refractivity contribution >= 4 is 22.5 Å². The molecule has 4 rings (SSSR count). The first-order valence-corrected chi connectivity index (χ1v) is 12.0. The maximum Gasteiger partial charge on any atom is 0.319 e. The standard InChI is InChI=1S/C27H33FN4O2/c1-19(2)16-32-18-25(23-8-3-4-9-24(23)26(32)33)30-27(34)29-15-20-10-12-31(13-11-20)17-21-6-5-7-22(28)14-21/h3-9,14,18-20H,10-13,15-17H2,1-2H3,(H2,29,30,34). The van der Waals surface area contributed by atoms with Crippen molar-refractivity contribution in [2.75, 3.05) is 25.0 Å². The second-order valence-corrected chi connectivity index (χ2v) is 9.62. The Hall–Kier alpha value is -3.19. The normalized spacial score (nSPS) is 15.1. The zero-order valence-electron chi connectivity index (χ0n) is 19.9. The molecule has 2 N–H and O–H groups in total. The lowest BCUT2D eigenvalue weighted by molar-refractivity contribution is 0.175. The molecule has 0 radical (unpaired) electrons. The van der Waals surface area contributed by atoms with E-state index in [4.69, 9.17) is 0 Å². The quantitative estimate of drug-likeness (QED) is 0.526. The van der Waals surface area contributed by atoms with Crippen molar-refractivity contribution in [3.63, 3.8) is 0 Å². The van der Waals surface area contributed by atoms with Crippen LogP contribution < -0.4 is 16.2 Å². The summed E-state index contributed by atoms with van der Waals surface area (Å²) in [5.41, 5.74) is 1.58. The molecule has 0 atom stereocenters. The third kappa shape index (κ3) is 6.03. The van der Waals surface area contributed by atoms with E-state index in [1.165, 1.54) is 6.07 Å². The number of nitrogens with zero attached hydrogens (tertiary/aromatic N) is 2. The molecule has 1 saturated heterocycles. The highest BCUT2D eigenvalue weighted by molar-refractivity contribution is 6.00. The van der Waals surface area contributed by atoms with E-state index >= 15 is 0 Å². The van der Waals surface area contributed by atoms with Crippen molar-refractivity contribution in [2.24, 2.45) is 11.8 Å². The average molecular weight is 465 g/mol. The second kappa shape index (κ2) is 10.8. The molecule has 0 unspecified atom stereocenters. The molecular weight excluding hydrogens is 431 g/mol. The number of carbonyl (C=O) groups is 1. The smallest absolute Gasteiger partial charge is 0.319 e. The van der Waals surface area contributed by atoms with Crippen LogP contribution in [0.15, 0.2) is 59.5 Å². The Kier molecular flexibility index (Phi) is 7.63. The highest BCUT2D eigenvalue weighted by Gasteiger charge is 2.20. The topological polar surface area (TPSA) is 66.4 Å². The van der Waals surface area contributed by atoms with Gasteiger partial charge in [-0.1, -0.05) is 44.2 Å². The molecule has 2 aromatic carbocycles. The summed E-state index contributed by atoms with van der Waals surface area (Å²) < 4.78 is 15.1. The van der Waals surface area contributed by atoms with E-state index in [0.717, 1.165) is 43.4 Å². The summed E-state index contributed by atoms with van der Waals surface area (Å²) in [7, 11) is 0. The van der Waals surface area contributed by atoms with E-state index in [9.17, 15) is 14.0 Å². The number of hydrogen-bond donors (Lipinski definition) is 2. The van der Waals surface area contributed by atoms with Crippen LogP contribution in [0.3, 0.4) is 0 Å². The lowest BCUT2D eigenvalue weighted by Crippen LogP contribution is -2.39. The van der Waals surface area contributed by atoms with Crippen LogP contribution in [0, 0.1) is 17.7 Å². The maximum absolute atomic E-state index is 13.4. The Labute approximate surface area is 199 Å². The molecule has 7 heteroatoms. The molecule has 2 amide bonds. The first kappa shape index (κ1) is 24.0. The maximum atomic E-state index is 13.4. The zero-order valence-corrected chi connectivity index (χ0v) is 19.9. The number of likely N-dealkylation sites (tertiary alicyclic amines) is 1. The van der Waals surface area contributed by atoms with Crippen molar-refractivity contribution < 1.29 is 9.18 Å². The Morgan fingerprint density at radius 2 is 1.82 bits per heavy atom. The lowest BCUT2D eigenvalue weighted by Gasteiger charge is -2.32. The van der Waals surface area contributed by atoms with Crippen molar-refractivity contribution in [1.82, 2.24) is 14.8 Å². The van der Waals surface area contributed by atoms with Crippen LogP contribution in [-0.2, 0) is 13.1 Å². The first-order valence-electron chi connectivity index (χ1n) is 12.0. The first-order chi connectivity index (χ1) is 16.4. The molecule has 2 heterocycles. The number of pyridine rings is 1. The fourth-order valence-electron chi connectivity index (χ4n) is 4.62. The van der Waals surface area contributed by atoms with Crippen molar-refractivity contribution in [2.45, 2.75) is 39.8 Å². The van der Waals surface area contributed by atoms with Gasteiger partial charge in [-0.3, -0.25) is 9.69 Å². The summed E-state index contributed by atoms with van der Waals surface area (Å²) in [5, 5.41) is 7.31. The second-order valence-electron chi connectivity index (χ2n) is 9.62. The fourth-order valence-corrected chi connectivity index (χ4v) is 4.62. The van der Waals surface area contributed by atoms with Gasteiger partial charge in [-0.25, -0.2) is 9.18 Å². The highest BCUT2D eigenvalue weighted by atomic mass is 19.1. The van der Waals surface area contributed by atoms with Gasteiger partial charge in [0.25, 0.3) is 5.56 Å². The zero-order chi connectivity index (χ0) is 24.1. The highest BCUT2D eigenvalue weighted by Crippen LogP contribution is 2.22. The number of anilines is 1. The van der Waals surface area contributed by atoms with Crippen LogP contribution in [0.5, 0.6) is 0 Å².